The molecule has 0 saturated carbocycles. The van der Waals surface area contributed by atoms with Crippen molar-refractivity contribution in [3.8, 4) is 0 Å². The van der Waals surface area contributed by atoms with Crippen molar-refractivity contribution >= 4 is 12.0 Å². The van der Waals surface area contributed by atoms with E-state index in [0.29, 0.717) is 5.56 Å². The lowest BCUT2D eigenvalue weighted by Crippen LogP contribution is -2.02. The van der Waals surface area contributed by atoms with Crippen LogP contribution in [0.2, 0.25) is 0 Å². The van der Waals surface area contributed by atoms with Gasteiger partial charge in [-0.05, 0) is 43.0 Å². The third-order valence-electron chi connectivity index (χ3n) is 2.58. The van der Waals surface area contributed by atoms with E-state index in [0.717, 1.165) is 18.4 Å². The van der Waals surface area contributed by atoms with Crippen LogP contribution in [0.3, 0.4) is 0 Å². The average molecular weight is 188 g/mol. The Morgan fingerprint density at radius 1 is 1.36 bits per heavy atom. The van der Waals surface area contributed by atoms with E-state index in [1.54, 1.807) is 12.1 Å². The second-order valence-electron chi connectivity index (χ2n) is 3.71. The van der Waals surface area contributed by atoms with Crippen molar-refractivity contribution in [1.29, 1.82) is 0 Å². The molecule has 72 valence electrons. The van der Waals surface area contributed by atoms with Gasteiger partial charge in [0.2, 0.25) is 0 Å². The fourth-order valence-corrected chi connectivity index (χ4v) is 1.77. The third-order valence-corrected chi connectivity index (χ3v) is 2.58. The van der Waals surface area contributed by atoms with E-state index < -0.39 is 5.97 Å². The first-order chi connectivity index (χ1) is 6.66. The number of carbonyl (C=O) groups is 1. The highest BCUT2D eigenvalue weighted by molar-refractivity contribution is 5.88. The molecule has 1 aromatic carbocycles. The van der Waals surface area contributed by atoms with Crippen LogP contribution in [0.15, 0.2) is 23.8 Å². The maximum absolute atomic E-state index is 10.7. The highest BCUT2D eigenvalue weighted by Gasteiger charge is 2.10. The average Bonchev–Trinajstić information content (AvgIpc) is 2.16. The Kier molecular flexibility index (Phi) is 2.12. The van der Waals surface area contributed by atoms with E-state index >= 15 is 0 Å². The molecule has 0 aliphatic heterocycles. The van der Waals surface area contributed by atoms with Gasteiger partial charge in [0.25, 0.3) is 0 Å². The molecule has 1 aliphatic carbocycles. The van der Waals surface area contributed by atoms with Crippen molar-refractivity contribution in [2.45, 2.75) is 19.8 Å². The summed E-state index contributed by atoms with van der Waals surface area (Å²) in [5, 5.41) is 8.82. The van der Waals surface area contributed by atoms with Gasteiger partial charge in [-0.1, -0.05) is 17.7 Å². The number of aromatic carboxylic acids is 1. The standard InChI is InChI=1S/C12H12O2/c1-8-2-3-10-7-11(12(13)14)5-4-9(10)6-8/h4-7H,2-3H2,1H3,(H,13,14). The van der Waals surface area contributed by atoms with Crippen LogP contribution in [-0.4, -0.2) is 11.1 Å². The second-order valence-corrected chi connectivity index (χ2v) is 3.71. The molecule has 0 aromatic heterocycles. The van der Waals surface area contributed by atoms with E-state index in [9.17, 15) is 4.79 Å². The van der Waals surface area contributed by atoms with Crippen molar-refractivity contribution in [1.82, 2.24) is 0 Å². The topological polar surface area (TPSA) is 37.3 Å². The maximum atomic E-state index is 10.7. The molecule has 0 unspecified atom stereocenters. The van der Waals surface area contributed by atoms with Crippen molar-refractivity contribution in [2.24, 2.45) is 0 Å². The van der Waals surface area contributed by atoms with E-state index in [1.165, 1.54) is 11.1 Å². The Morgan fingerprint density at radius 3 is 2.86 bits per heavy atom. The maximum Gasteiger partial charge on any atom is 0.335 e. The van der Waals surface area contributed by atoms with Crippen LogP contribution in [-0.2, 0) is 6.42 Å². The number of fused-ring (bicyclic) bond motifs is 1. The van der Waals surface area contributed by atoms with Gasteiger partial charge in [0.05, 0.1) is 5.56 Å². The van der Waals surface area contributed by atoms with Crippen LogP contribution in [0, 0.1) is 0 Å². The molecule has 1 aliphatic rings. The molecular weight excluding hydrogens is 176 g/mol. The summed E-state index contributed by atoms with van der Waals surface area (Å²) in [5.41, 5.74) is 4.06. The van der Waals surface area contributed by atoms with Gasteiger partial charge in [-0.3, -0.25) is 0 Å². The van der Waals surface area contributed by atoms with Crippen LogP contribution < -0.4 is 0 Å². The first-order valence-electron chi connectivity index (χ1n) is 4.70. The van der Waals surface area contributed by atoms with Crippen molar-refractivity contribution in [3.63, 3.8) is 0 Å². The summed E-state index contributed by atoms with van der Waals surface area (Å²) in [6, 6.07) is 5.33. The number of carboxylic acids is 1. The molecule has 1 aromatic rings. The van der Waals surface area contributed by atoms with Crippen molar-refractivity contribution in [2.75, 3.05) is 0 Å². The molecule has 2 nitrogen and oxygen atoms in total. The van der Waals surface area contributed by atoms with Gasteiger partial charge in [0.15, 0.2) is 0 Å². The molecule has 0 atom stereocenters. The number of hydrogen-bond acceptors (Lipinski definition) is 1. The number of aryl methyl sites for hydroxylation is 1. The first kappa shape index (κ1) is 9.00. The SMILES string of the molecule is CC1=Cc2ccc(C(=O)O)cc2CC1. The molecule has 14 heavy (non-hydrogen) atoms. The molecule has 2 heteroatoms. The third kappa shape index (κ3) is 1.55. The molecule has 0 heterocycles. The Morgan fingerprint density at radius 2 is 2.14 bits per heavy atom. The minimum absolute atomic E-state index is 0.386. The highest BCUT2D eigenvalue weighted by atomic mass is 16.4. The Balaban J connectivity index is 2.47. The highest BCUT2D eigenvalue weighted by Crippen LogP contribution is 2.24. The summed E-state index contributed by atoms with van der Waals surface area (Å²) >= 11 is 0. The van der Waals surface area contributed by atoms with Gasteiger partial charge < -0.3 is 5.11 Å². The number of carboxylic acid groups (broad SMARTS) is 1. The number of hydrogen-bond donors (Lipinski definition) is 1. The Bertz CT molecular complexity index is 416. The minimum Gasteiger partial charge on any atom is -0.478 e. The second kappa shape index (κ2) is 3.29. The monoisotopic (exact) mass is 188 g/mol. The lowest BCUT2D eigenvalue weighted by atomic mass is 9.92. The summed E-state index contributed by atoms with van der Waals surface area (Å²) in [4.78, 5) is 10.7. The van der Waals surface area contributed by atoms with E-state index in [2.05, 4.69) is 13.0 Å². The Labute approximate surface area is 82.9 Å². The van der Waals surface area contributed by atoms with Gasteiger partial charge in [-0.15, -0.1) is 0 Å². The largest absolute Gasteiger partial charge is 0.478 e. The molecule has 0 saturated heterocycles. The van der Waals surface area contributed by atoms with Crippen LogP contribution in [0.1, 0.15) is 34.8 Å². The van der Waals surface area contributed by atoms with Gasteiger partial charge in [-0.2, -0.15) is 0 Å². The smallest absolute Gasteiger partial charge is 0.335 e. The summed E-state index contributed by atoms with van der Waals surface area (Å²) < 4.78 is 0. The van der Waals surface area contributed by atoms with Gasteiger partial charge in [0.1, 0.15) is 0 Å². The first-order valence-corrected chi connectivity index (χ1v) is 4.70. The molecule has 0 bridgehead atoms. The Hall–Kier alpha value is -1.57. The van der Waals surface area contributed by atoms with Gasteiger partial charge in [-0.25, -0.2) is 4.79 Å². The quantitative estimate of drug-likeness (QED) is 0.735. The zero-order chi connectivity index (χ0) is 10.1. The minimum atomic E-state index is -0.848. The normalized spacial score (nSPS) is 14.5. The zero-order valence-electron chi connectivity index (χ0n) is 8.08. The summed E-state index contributed by atoms with van der Waals surface area (Å²) in [6.07, 6.45) is 4.12. The molecular formula is C12H12O2. The number of allylic oxidation sites excluding steroid dienone is 1. The summed E-state index contributed by atoms with van der Waals surface area (Å²) in [5.74, 6) is -0.848. The lowest BCUT2D eigenvalue weighted by molar-refractivity contribution is 0.0697. The molecule has 2 rings (SSSR count). The number of rotatable bonds is 1. The summed E-state index contributed by atoms with van der Waals surface area (Å²) in [6.45, 7) is 2.11. The van der Waals surface area contributed by atoms with Crippen molar-refractivity contribution < 1.29 is 9.90 Å². The number of benzene rings is 1. The molecule has 1 N–H and O–H groups in total. The van der Waals surface area contributed by atoms with E-state index in [4.69, 9.17) is 5.11 Å². The van der Waals surface area contributed by atoms with Crippen LogP contribution in [0.4, 0.5) is 0 Å². The van der Waals surface area contributed by atoms with Crippen LogP contribution in [0.5, 0.6) is 0 Å². The molecule has 0 radical (unpaired) electrons. The fourth-order valence-electron chi connectivity index (χ4n) is 1.77. The molecule has 0 spiro atoms. The predicted octanol–water partition coefficient (Wildman–Crippen LogP) is 2.73. The lowest BCUT2D eigenvalue weighted by Gasteiger charge is -2.14. The van der Waals surface area contributed by atoms with Gasteiger partial charge >= 0.3 is 5.97 Å². The van der Waals surface area contributed by atoms with Gasteiger partial charge in [0, 0.05) is 0 Å². The summed E-state index contributed by atoms with van der Waals surface area (Å²) in [7, 11) is 0. The molecule has 0 fully saturated rings. The zero-order valence-corrected chi connectivity index (χ0v) is 8.08. The predicted molar refractivity (Wildman–Crippen MR) is 55.4 cm³/mol. The van der Waals surface area contributed by atoms with Crippen LogP contribution in [0.25, 0.3) is 6.08 Å². The van der Waals surface area contributed by atoms with E-state index in [-0.39, 0.29) is 0 Å². The fraction of sp³-hybridized carbons (Fsp3) is 0.250. The van der Waals surface area contributed by atoms with Crippen LogP contribution >= 0.6 is 0 Å². The molecule has 0 amide bonds. The van der Waals surface area contributed by atoms with E-state index in [1.807, 2.05) is 6.07 Å². The van der Waals surface area contributed by atoms with Crippen molar-refractivity contribution in [3.05, 3.63) is 40.5 Å².